The minimum Gasteiger partial charge on any atom is -0.460 e. The summed E-state index contributed by atoms with van der Waals surface area (Å²) < 4.78 is 5.32. The van der Waals surface area contributed by atoms with Crippen molar-refractivity contribution < 1.29 is 14.6 Å². The second-order valence-corrected chi connectivity index (χ2v) is 6.45. The average Bonchev–Trinajstić information content (AvgIpc) is 2.19. The fourth-order valence-electron chi connectivity index (χ4n) is 2.51. The van der Waals surface area contributed by atoms with E-state index in [0.29, 0.717) is 18.8 Å². The van der Waals surface area contributed by atoms with E-state index in [-0.39, 0.29) is 5.97 Å². The largest absolute Gasteiger partial charge is 0.460 e. The van der Waals surface area contributed by atoms with Crippen LogP contribution in [0.4, 0.5) is 0 Å². The number of ether oxygens (including phenoxy) is 1. The van der Waals surface area contributed by atoms with Gasteiger partial charge in [0.15, 0.2) is 0 Å². The van der Waals surface area contributed by atoms with Crippen LogP contribution in [-0.2, 0) is 9.53 Å². The zero-order valence-corrected chi connectivity index (χ0v) is 11.9. The molecule has 0 aliphatic heterocycles. The first kappa shape index (κ1) is 15.2. The van der Waals surface area contributed by atoms with E-state index >= 15 is 0 Å². The predicted octanol–water partition coefficient (Wildman–Crippen LogP) is 3.22. The summed E-state index contributed by atoms with van der Waals surface area (Å²) in [6, 6.07) is 0. The molecule has 0 atom stereocenters. The molecule has 0 spiro atoms. The summed E-state index contributed by atoms with van der Waals surface area (Å²) >= 11 is 0. The van der Waals surface area contributed by atoms with Crippen LogP contribution in [0.15, 0.2) is 12.7 Å². The average molecular weight is 254 g/mol. The number of carbonyl (C=O) groups excluding carboxylic acids is 1. The van der Waals surface area contributed by atoms with Crippen LogP contribution in [0.25, 0.3) is 0 Å². The SMILES string of the molecule is C=CCC1(O)CCC(CC(=O)OC(C)(C)C)CC1. The van der Waals surface area contributed by atoms with Crippen LogP contribution in [-0.4, -0.2) is 22.3 Å². The molecule has 18 heavy (non-hydrogen) atoms. The van der Waals surface area contributed by atoms with Crippen molar-refractivity contribution in [3.63, 3.8) is 0 Å². The Kier molecular flexibility index (Phi) is 4.97. The molecule has 1 aliphatic carbocycles. The molecule has 1 N–H and O–H groups in total. The van der Waals surface area contributed by atoms with Gasteiger partial charge in [-0.25, -0.2) is 0 Å². The summed E-state index contributed by atoms with van der Waals surface area (Å²) in [5.41, 5.74) is -0.999. The third-order valence-corrected chi connectivity index (χ3v) is 3.44. The Labute approximate surface area is 110 Å². The Bertz CT molecular complexity index is 293. The summed E-state index contributed by atoms with van der Waals surface area (Å²) in [6.45, 7) is 9.32. The molecule has 1 fully saturated rings. The van der Waals surface area contributed by atoms with Gasteiger partial charge in [-0.05, 0) is 58.8 Å². The Morgan fingerprint density at radius 3 is 2.44 bits per heavy atom. The molecule has 0 saturated heterocycles. The van der Waals surface area contributed by atoms with Gasteiger partial charge < -0.3 is 9.84 Å². The Morgan fingerprint density at radius 2 is 2.00 bits per heavy atom. The quantitative estimate of drug-likeness (QED) is 0.619. The molecule has 104 valence electrons. The van der Waals surface area contributed by atoms with Crippen molar-refractivity contribution in [3.05, 3.63) is 12.7 Å². The summed E-state index contributed by atoms with van der Waals surface area (Å²) in [6.07, 6.45) is 6.19. The predicted molar refractivity (Wildman–Crippen MR) is 72.2 cm³/mol. The lowest BCUT2D eigenvalue weighted by molar-refractivity contribution is -0.156. The number of aliphatic hydroxyl groups is 1. The number of rotatable bonds is 4. The first-order valence-corrected chi connectivity index (χ1v) is 6.79. The van der Waals surface area contributed by atoms with Crippen molar-refractivity contribution in [3.8, 4) is 0 Å². The molecule has 0 radical (unpaired) electrons. The Balaban J connectivity index is 2.35. The van der Waals surface area contributed by atoms with Gasteiger partial charge in [-0.3, -0.25) is 4.79 Å². The minimum atomic E-state index is -0.591. The normalized spacial score (nSPS) is 28.8. The zero-order valence-electron chi connectivity index (χ0n) is 11.9. The van der Waals surface area contributed by atoms with Crippen molar-refractivity contribution >= 4 is 5.97 Å². The maximum absolute atomic E-state index is 11.7. The van der Waals surface area contributed by atoms with E-state index in [1.807, 2.05) is 20.8 Å². The highest BCUT2D eigenvalue weighted by atomic mass is 16.6. The van der Waals surface area contributed by atoms with Gasteiger partial charge in [-0.1, -0.05) is 6.08 Å². The monoisotopic (exact) mass is 254 g/mol. The third-order valence-electron chi connectivity index (χ3n) is 3.44. The van der Waals surface area contributed by atoms with Crippen LogP contribution in [0.2, 0.25) is 0 Å². The zero-order chi connectivity index (χ0) is 13.8. The second kappa shape index (κ2) is 5.87. The van der Waals surface area contributed by atoms with Gasteiger partial charge in [0, 0.05) is 6.42 Å². The topological polar surface area (TPSA) is 46.5 Å². The molecule has 1 aliphatic rings. The molecule has 1 rings (SSSR count). The molecule has 0 bridgehead atoms. The fourth-order valence-corrected chi connectivity index (χ4v) is 2.51. The molecule has 0 heterocycles. The number of carbonyl (C=O) groups is 1. The van der Waals surface area contributed by atoms with Crippen LogP contribution in [0.5, 0.6) is 0 Å². The molecule has 0 aromatic heterocycles. The van der Waals surface area contributed by atoms with Crippen molar-refractivity contribution in [2.75, 3.05) is 0 Å². The molecule has 3 heteroatoms. The third kappa shape index (κ3) is 5.21. The van der Waals surface area contributed by atoms with Crippen molar-refractivity contribution in [2.24, 2.45) is 5.92 Å². The lowest BCUT2D eigenvalue weighted by Crippen LogP contribution is -2.34. The van der Waals surface area contributed by atoms with Gasteiger partial charge in [-0.15, -0.1) is 6.58 Å². The molecule has 3 nitrogen and oxygen atoms in total. The maximum Gasteiger partial charge on any atom is 0.306 e. The second-order valence-electron chi connectivity index (χ2n) is 6.45. The summed E-state index contributed by atoms with van der Waals surface area (Å²) in [7, 11) is 0. The van der Waals surface area contributed by atoms with Gasteiger partial charge in [0.2, 0.25) is 0 Å². The smallest absolute Gasteiger partial charge is 0.306 e. The van der Waals surface area contributed by atoms with E-state index in [1.54, 1.807) is 6.08 Å². The highest BCUT2D eigenvalue weighted by molar-refractivity contribution is 5.70. The van der Waals surface area contributed by atoms with Crippen molar-refractivity contribution in [1.82, 2.24) is 0 Å². The number of hydrogen-bond acceptors (Lipinski definition) is 3. The molecular formula is C15H26O3. The molecular weight excluding hydrogens is 228 g/mol. The van der Waals surface area contributed by atoms with Gasteiger partial charge in [0.25, 0.3) is 0 Å². The van der Waals surface area contributed by atoms with Crippen LogP contribution in [0.1, 0.15) is 59.3 Å². The van der Waals surface area contributed by atoms with Crippen LogP contribution in [0, 0.1) is 5.92 Å². The number of hydrogen-bond donors (Lipinski definition) is 1. The maximum atomic E-state index is 11.7. The first-order chi connectivity index (χ1) is 8.24. The van der Waals surface area contributed by atoms with Crippen LogP contribution >= 0.6 is 0 Å². The lowest BCUT2D eigenvalue weighted by atomic mass is 9.76. The summed E-state index contributed by atoms with van der Waals surface area (Å²) in [4.78, 5) is 11.7. The molecule has 0 aromatic rings. The highest BCUT2D eigenvalue weighted by Gasteiger charge is 2.33. The van der Waals surface area contributed by atoms with Gasteiger partial charge in [0.05, 0.1) is 5.60 Å². The van der Waals surface area contributed by atoms with Crippen LogP contribution < -0.4 is 0 Å². The van der Waals surface area contributed by atoms with E-state index in [1.165, 1.54) is 0 Å². The van der Waals surface area contributed by atoms with E-state index in [0.717, 1.165) is 25.7 Å². The van der Waals surface area contributed by atoms with Gasteiger partial charge in [0.1, 0.15) is 5.60 Å². The van der Waals surface area contributed by atoms with Crippen LogP contribution in [0.3, 0.4) is 0 Å². The highest BCUT2D eigenvalue weighted by Crippen LogP contribution is 2.36. The van der Waals surface area contributed by atoms with E-state index in [4.69, 9.17) is 4.74 Å². The number of esters is 1. The van der Waals surface area contributed by atoms with E-state index < -0.39 is 11.2 Å². The Morgan fingerprint density at radius 1 is 1.44 bits per heavy atom. The summed E-state index contributed by atoms with van der Waals surface area (Å²) in [5.74, 6) is 0.228. The van der Waals surface area contributed by atoms with Gasteiger partial charge >= 0.3 is 5.97 Å². The Hall–Kier alpha value is -0.830. The molecule has 0 aromatic carbocycles. The lowest BCUT2D eigenvalue weighted by Gasteiger charge is -2.35. The molecule has 0 amide bonds. The minimum absolute atomic E-state index is 0.123. The van der Waals surface area contributed by atoms with Crippen molar-refractivity contribution in [1.29, 1.82) is 0 Å². The standard InChI is InChI=1S/C15H26O3/c1-5-8-15(17)9-6-12(7-10-15)11-13(16)18-14(2,3)4/h5,12,17H,1,6-11H2,2-4H3. The first-order valence-electron chi connectivity index (χ1n) is 6.79. The fraction of sp³-hybridized carbons (Fsp3) is 0.800. The van der Waals surface area contributed by atoms with E-state index in [2.05, 4.69) is 6.58 Å². The molecule has 1 saturated carbocycles. The molecule has 0 unspecified atom stereocenters. The summed E-state index contributed by atoms with van der Waals surface area (Å²) in [5, 5.41) is 10.2. The van der Waals surface area contributed by atoms with Crippen molar-refractivity contribution in [2.45, 2.75) is 70.5 Å². The van der Waals surface area contributed by atoms with E-state index in [9.17, 15) is 9.90 Å². The van der Waals surface area contributed by atoms with Gasteiger partial charge in [-0.2, -0.15) is 0 Å².